The first kappa shape index (κ1) is 14.7. The van der Waals surface area contributed by atoms with E-state index in [1.165, 1.54) is 15.9 Å². The summed E-state index contributed by atoms with van der Waals surface area (Å²) in [5.74, 6) is 0.0637. The van der Waals surface area contributed by atoms with Gasteiger partial charge in [-0.1, -0.05) is 6.92 Å². The highest BCUT2D eigenvalue weighted by atomic mass is 32.1. The van der Waals surface area contributed by atoms with Gasteiger partial charge in [-0.15, -0.1) is 11.3 Å². The molecule has 0 bridgehead atoms. The van der Waals surface area contributed by atoms with E-state index in [0.717, 1.165) is 28.7 Å². The Morgan fingerprint density at radius 2 is 2.14 bits per heavy atom. The van der Waals surface area contributed by atoms with Crippen molar-refractivity contribution in [2.75, 3.05) is 5.32 Å². The Morgan fingerprint density at radius 1 is 1.32 bits per heavy atom. The summed E-state index contributed by atoms with van der Waals surface area (Å²) < 4.78 is 39.8. The molecule has 3 rings (SSSR count). The maximum absolute atomic E-state index is 12.9. The van der Waals surface area contributed by atoms with Crippen LogP contribution in [-0.2, 0) is 19.1 Å². The zero-order valence-electron chi connectivity index (χ0n) is 11.4. The highest BCUT2D eigenvalue weighted by molar-refractivity contribution is 7.11. The second-order valence-corrected chi connectivity index (χ2v) is 5.62. The van der Waals surface area contributed by atoms with Crippen molar-refractivity contribution in [1.82, 2.24) is 24.6 Å². The number of rotatable bonds is 4. The maximum Gasteiger partial charge on any atom is 0.433 e. The van der Waals surface area contributed by atoms with Crippen LogP contribution in [0.1, 0.15) is 22.5 Å². The molecule has 116 valence electrons. The number of thiazole rings is 1. The van der Waals surface area contributed by atoms with Crippen LogP contribution in [0.3, 0.4) is 0 Å². The molecule has 0 saturated heterocycles. The van der Waals surface area contributed by atoms with Crippen LogP contribution in [0.2, 0.25) is 0 Å². The third kappa shape index (κ3) is 2.86. The molecule has 0 aliphatic rings. The number of hydrogen-bond donors (Lipinski definition) is 1. The fraction of sp³-hybridized carbons (Fsp3) is 0.333. The second kappa shape index (κ2) is 5.52. The van der Waals surface area contributed by atoms with E-state index in [0.29, 0.717) is 6.54 Å². The smallest absolute Gasteiger partial charge is 0.363 e. The Bertz CT molecular complexity index is 794. The number of anilines is 1. The van der Waals surface area contributed by atoms with Crippen LogP contribution < -0.4 is 5.32 Å². The quantitative estimate of drug-likeness (QED) is 0.797. The minimum absolute atomic E-state index is 0.106. The van der Waals surface area contributed by atoms with E-state index in [1.807, 2.05) is 6.92 Å². The van der Waals surface area contributed by atoms with E-state index in [2.05, 4.69) is 25.4 Å². The van der Waals surface area contributed by atoms with Crippen molar-refractivity contribution < 1.29 is 13.2 Å². The van der Waals surface area contributed by atoms with Gasteiger partial charge in [0.15, 0.2) is 5.69 Å². The molecule has 3 heterocycles. The van der Waals surface area contributed by atoms with Crippen molar-refractivity contribution in [3.63, 3.8) is 0 Å². The van der Waals surface area contributed by atoms with Gasteiger partial charge in [-0.25, -0.2) is 9.97 Å². The number of fused-ring (bicyclic) bond motifs is 1. The number of nitrogens with zero attached hydrogens (tertiary/aromatic N) is 5. The molecule has 0 aliphatic carbocycles. The third-order valence-corrected chi connectivity index (χ3v) is 4.05. The van der Waals surface area contributed by atoms with Crippen molar-refractivity contribution in [3.05, 3.63) is 34.2 Å². The lowest BCUT2D eigenvalue weighted by Crippen LogP contribution is -2.13. The number of alkyl halides is 3. The van der Waals surface area contributed by atoms with E-state index in [9.17, 15) is 13.2 Å². The molecule has 22 heavy (non-hydrogen) atoms. The molecule has 0 radical (unpaired) electrons. The Kier molecular flexibility index (Phi) is 3.69. The predicted octanol–water partition coefficient (Wildman–Crippen LogP) is 2.77. The Morgan fingerprint density at radius 3 is 2.82 bits per heavy atom. The summed E-state index contributed by atoms with van der Waals surface area (Å²) >= 11 is 1.51. The monoisotopic (exact) mass is 328 g/mol. The van der Waals surface area contributed by atoms with E-state index in [-0.39, 0.29) is 11.6 Å². The minimum atomic E-state index is -4.54. The lowest BCUT2D eigenvalue weighted by atomic mass is 10.4. The zero-order valence-corrected chi connectivity index (χ0v) is 12.2. The number of hydrogen-bond acceptors (Lipinski definition) is 6. The van der Waals surface area contributed by atoms with Crippen LogP contribution in [0.4, 0.5) is 19.0 Å². The fourth-order valence-electron chi connectivity index (χ4n) is 1.84. The van der Waals surface area contributed by atoms with Crippen molar-refractivity contribution in [2.45, 2.75) is 26.1 Å². The topological polar surface area (TPSA) is 68.0 Å². The van der Waals surface area contributed by atoms with Crippen LogP contribution in [0.15, 0.2) is 18.6 Å². The molecule has 10 heteroatoms. The molecule has 3 aromatic rings. The molecule has 0 amide bonds. The highest BCUT2D eigenvalue weighted by Crippen LogP contribution is 2.29. The molecule has 0 atom stereocenters. The predicted molar refractivity (Wildman–Crippen MR) is 74.6 cm³/mol. The van der Waals surface area contributed by atoms with E-state index >= 15 is 0 Å². The van der Waals surface area contributed by atoms with Gasteiger partial charge in [-0.3, -0.25) is 0 Å². The number of aryl methyl sites for hydroxylation is 1. The molecule has 0 spiro atoms. The van der Waals surface area contributed by atoms with Gasteiger partial charge < -0.3 is 5.32 Å². The van der Waals surface area contributed by atoms with Gasteiger partial charge in [0, 0.05) is 17.1 Å². The van der Waals surface area contributed by atoms with E-state index < -0.39 is 11.9 Å². The molecule has 0 aliphatic heterocycles. The summed E-state index contributed by atoms with van der Waals surface area (Å²) in [5.41, 5.74) is -1.01. The molecule has 0 aromatic carbocycles. The van der Waals surface area contributed by atoms with Crippen molar-refractivity contribution in [1.29, 1.82) is 0 Å². The number of halogens is 3. The van der Waals surface area contributed by atoms with Gasteiger partial charge in [0.1, 0.15) is 17.2 Å². The normalized spacial score (nSPS) is 12.0. The summed E-state index contributed by atoms with van der Waals surface area (Å²) in [7, 11) is 0. The molecule has 0 saturated carbocycles. The molecular weight excluding hydrogens is 317 g/mol. The van der Waals surface area contributed by atoms with Gasteiger partial charge in [0.25, 0.3) is 5.78 Å². The standard InChI is InChI=1S/C12H11F3N6S/c1-2-7-4-17-10(22-7)5-16-9-3-8(12(13,14)15)20-11-18-6-19-21(9)11/h3-4,6,16H,2,5H2,1H3. The summed E-state index contributed by atoms with van der Waals surface area (Å²) in [6, 6.07) is 0.913. The van der Waals surface area contributed by atoms with Gasteiger partial charge in [-0.2, -0.15) is 27.8 Å². The first-order valence-electron chi connectivity index (χ1n) is 6.43. The second-order valence-electron chi connectivity index (χ2n) is 4.42. The average Bonchev–Trinajstić information content (AvgIpc) is 3.12. The minimum Gasteiger partial charge on any atom is -0.363 e. The van der Waals surface area contributed by atoms with Crippen molar-refractivity contribution in [3.8, 4) is 0 Å². The SMILES string of the molecule is CCc1cnc(CNc2cc(C(F)(F)F)nc3ncnn23)s1. The Balaban J connectivity index is 1.90. The van der Waals surface area contributed by atoms with Gasteiger partial charge in [0.2, 0.25) is 0 Å². The van der Waals surface area contributed by atoms with E-state index in [4.69, 9.17) is 0 Å². The van der Waals surface area contributed by atoms with E-state index in [1.54, 1.807) is 6.20 Å². The molecule has 1 N–H and O–H groups in total. The van der Waals surface area contributed by atoms with Crippen LogP contribution in [0.25, 0.3) is 5.78 Å². The van der Waals surface area contributed by atoms with Gasteiger partial charge in [0.05, 0.1) is 6.54 Å². The summed E-state index contributed by atoms with van der Waals surface area (Å²) in [4.78, 5) is 12.5. The number of aromatic nitrogens is 5. The Labute approximate surface area is 127 Å². The average molecular weight is 328 g/mol. The van der Waals surface area contributed by atoms with Crippen LogP contribution >= 0.6 is 11.3 Å². The van der Waals surface area contributed by atoms with Gasteiger partial charge >= 0.3 is 6.18 Å². The first-order chi connectivity index (χ1) is 10.5. The van der Waals surface area contributed by atoms with Crippen LogP contribution in [0, 0.1) is 0 Å². The molecular formula is C12H11F3N6S. The third-order valence-electron chi connectivity index (χ3n) is 2.91. The number of nitrogens with one attached hydrogen (secondary N) is 1. The highest BCUT2D eigenvalue weighted by Gasteiger charge is 2.34. The Hall–Kier alpha value is -2.23. The maximum atomic E-state index is 12.9. The first-order valence-corrected chi connectivity index (χ1v) is 7.24. The largest absolute Gasteiger partial charge is 0.433 e. The molecule has 6 nitrogen and oxygen atoms in total. The van der Waals surface area contributed by atoms with Gasteiger partial charge in [-0.05, 0) is 6.42 Å². The van der Waals surface area contributed by atoms with Crippen molar-refractivity contribution in [2.24, 2.45) is 0 Å². The summed E-state index contributed by atoms with van der Waals surface area (Å²) in [6.45, 7) is 2.32. The van der Waals surface area contributed by atoms with Crippen molar-refractivity contribution >= 4 is 22.9 Å². The molecule has 3 aromatic heterocycles. The molecule has 0 unspecified atom stereocenters. The molecule has 0 fully saturated rings. The fourth-order valence-corrected chi connectivity index (χ4v) is 2.64. The summed E-state index contributed by atoms with van der Waals surface area (Å²) in [6.07, 6.45) is -0.744. The lowest BCUT2D eigenvalue weighted by molar-refractivity contribution is -0.141. The zero-order chi connectivity index (χ0) is 15.7. The summed E-state index contributed by atoms with van der Waals surface area (Å²) in [5, 5.41) is 7.57. The lowest BCUT2D eigenvalue weighted by Gasteiger charge is -2.10. The van der Waals surface area contributed by atoms with Crippen LogP contribution in [-0.4, -0.2) is 24.6 Å². The van der Waals surface area contributed by atoms with Crippen LogP contribution in [0.5, 0.6) is 0 Å².